The molecule has 116 valence electrons. The van der Waals surface area contributed by atoms with E-state index in [0.29, 0.717) is 11.7 Å². The molecule has 0 aromatic heterocycles. The molecule has 2 N–H and O–H groups in total. The standard InChI is InChI=1S/C17H26N2OS/c1-12-4-5-13(2)16(10-12)21-11-17(20)19-8-6-15(7-9-19)14(3)18/h4-5,10,14-15H,6-9,11,18H2,1-3H3. The van der Waals surface area contributed by atoms with Crippen LogP contribution in [0.2, 0.25) is 0 Å². The molecule has 0 spiro atoms. The normalized spacial score (nSPS) is 17.8. The maximum absolute atomic E-state index is 12.3. The van der Waals surface area contributed by atoms with Gasteiger partial charge in [-0.15, -0.1) is 11.8 Å². The first kappa shape index (κ1) is 16.4. The van der Waals surface area contributed by atoms with E-state index >= 15 is 0 Å². The summed E-state index contributed by atoms with van der Waals surface area (Å²) in [4.78, 5) is 15.5. The third-order valence-electron chi connectivity index (χ3n) is 4.33. The Labute approximate surface area is 132 Å². The zero-order chi connectivity index (χ0) is 15.4. The van der Waals surface area contributed by atoms with Crippen LogP contribution in [0.1, 0.15) is 30.9 Å². The number of likely N-dealkylation sites (tertiary alicyclic amines) is 1. The number of nitrogens with zero attached hydrogens (tertiary/aromatic N) is 1. The highest BCUT2D eigenvalue weighted by atomic mass is 32.2. The quantitative estimate of drug-likeness (QED) is 0.870. The number of thioether (sulfide) groups is 1. The van der Waals surface area contributed by atoms with Crippen LogP contribution in [0.3, 0.4) is 0 Å². The lowest BCUT2D eigenvalue weighted by Gasteiger charge is -2.33. The summed E-state index contributed by atoms with van der Waals surface area (Å²) in [7, 11) is 0. The van der Waals surface area contributed by atoms with Gasteiger partial charge in [0, 0.05) is 24.0 Å². The molecule has 1 unspecified atom stereocenters. The van der Waals surface area contributed by atoms with Crippen LogP contribution in [0.25, 0.3) is 0 Å². The van der Waals surface area contributed by atoms with Crippen molar-refractivity contribution in [2.24, 2.45) is 11.7 Å². The highest BCUT2D eigenvalue weighted by Crippen LogP contribution is 2.25. The Balaban J connectivity index is 1.84. The number of amides is 1. The SMILES string of the molecule is Cc1ccc(C)c(SCC(=O)N2CCC(C(C)N)CC2)c1. The first-order chi connectivity index (χ1) is 9.97. The Hall–Kier alpha value is -1.00. The first-order valence-corrected chi connectivity index (χ1v) is 8.69. The molecule has 2 rings (SSSR count). The average molecular weight is 306 g/mol. The lowest BCUT2D eigenvalue weighted by Crippen LogP contribution is -2.43. The summed E-state index contributed by atoms with van der Waals surface area (Å²) < 4.78 is 0. The zero-order valence-electron chi connectivity index (χ0n) is 13.3. The summed E-state index contributed by atoms with van der Waals surface area (Å²) in [6, 6.07) is 6.64. The number of aryl methyl sites for hydroxylation is 2. The Kier molecular flexibility index (Phi) is 5.71. The summed E-state index contributed by atoms with van der Waals surface area (Å²) >= 11 is 1.65. The van der Waals surface area contributed by atoms with Crippen molar-refractivity contribution in [2.45, 2.75) is 44.6 Å². The van der Waals surface area contributed by atoms with Gasteiger partial charge in [0.1, 0.15) is 0 Å². The molecule has 4 heteroatoms. The summed E-state index contributed by atoms with van der Waals surface area (Å²) in [5, 5.41) is 0. The second kappa shape index (κ2) is 7.32. The van der Waals surface area contributed by atoms with Crippen molar-refractivity contribution in [3.63, 3.8) is 0 Å². The predicted octanol–water partition coefficient (Wildman–Crippen LogP) is 2.98. The van der Waals surface area contributed by atoms with E-state index < -0.39 is 0 Å². The highest BCUT2D eigenvalue weighted by Gasteiger charge is 2.24. The topological polar surface area (TPSA) is 46.3 Å². The van der Waals surface area contributed by atoms with E-state index in [2.05, 4.69) is 39.0 Å². The van der Waals surface area contributed by atoms with Crippen LogP contribution in [-0.4, -0.2) is 35.7 Å². The van der Waals surface area contributed by atoms with Gasteiger partial charge >= 0.3 is 0 Å². The number of benzene rings is 1. The monoisotopic (exact) mass is 306 g/mol. The van der Waals surface area contributed by atoms with E-state index in [1.165, 1.54) is 16.0 Å². The number of carbonyl (C=O) groups excluding carboxylic acids is 1. The minimum Gasteiger partial charge on any atom is -0.342 e. The molecular weight excluding hydrogens is 280 g/mol. The molecule has 1 saturated heterocycles. The second-order valence-electron chi connectivity index (χ2n) is 6.13. The lowest BCUT2D eigenvalue weighted by atomic mass is 9.91. The van der Waals surface area contributed by atoms with Gasteiger partial charge in [-0.2, -0.15) is 0 Å². The van der Waals surface area contributed by atoms with Gasteiger partial charge in [-0.1, -0.05) is 17.7 Å². The summed E-state index contributed by atoms with van der Waals surface area (Å²) in [6.45, 7) is 7.97. The zero-order valence-corrected chi connectivity index (χ0v) is 14.1. The number of carbonyl (C=O) groups is 1. The minimum atomic E-state index is 0.242. The third-order valence-corrected chi connectivity index (χ3v) is 5.47. The average Bonchev–Trinajstić information content (AvgIpc) is 2.48. The molecule has 21 heavy (non-hydrogen) atoms. The molecule has 1 atom stereocenters. The molecule has 1 aliphatic rings. The molecule has 3 nitrogen and oxygen atoms in total. The Morgan fingerprint density at radius 3 is 2.67 bits per heavy atom. The highest BCUT2D eigenvalue weighted by molar-refractivity contribution is 8.00. The maximum atomic E-state index is 12.3. The fourth-order valence-electron chi connectivity index (χ4n) is 2.77. The van der Waals surface area contributed by atoms with E-state index in [1.54, 1.807) is 11.8 Å². The molecule has 1 aromatic rings. The molecule has 1 amide bonds. The van der Waals surface area contributed by atoms with Crippen LogP contribution in [0.5, 0.6) is 0 Å². The Morgan fingerprint density at radius 2 is 2.05 bits per heavy atom. The molecule has 0 saturated carbocycles. The summed E-state index contributed by atoms with van der Waals surface area (Å²) in [6.07, 6.45) is 2.08. The van der Waals surface area contributed by atoms with Gasteiger partial charge in [0.15, 0.2) is 0 Å². The molecule has 1 aliphatic heterocycles. The molecule has 1 fully saturated rings. The molecular formula is C17H26N2OS. The van der Waals surface area contributed by atoms with Crippen LogP contribution in [0.15, 0.2) is 23.1 Å². The van der Waals surface area contributed by atoms with Crippen LogP contribution in [0.4, 0.5) is 0 Å². The van der Waals surface area contributed by atoms with Gasteiger partial charge in [0.25, 0.3) is 0 Å². The van der Waals surface area contributed by atoms with Crippen molar-refractivity contribution in [3.8, 4) is 0 Å². The largest absolute Gasteiger partial charge is 0.342 e. The summed E-state index contributed by atoms with van der Waals surface area (Å²) in [5.41, 5.74) is 8.43. The lowest BCUT2D eigenvalue weighted by molar-refractivity contribution is -0.129. The van der Waals surface area contributed by atoms with Gasteiger partial charge in [0.05, 0.1) is 5.75 Å². The fraction of sp³-hybridized carbons (Fsp3) is 0.588. The van der Waals surface area contributed by atoms with Crippen molar-refractivity contribution >= 4 is 17.7 Å². The first-order valence-electron chi connectivity index (χ1n) is 7.71. The molecule has 0 aliphatic carbocycles. The van der Waals surface area contributed by atoms with E-state index in [-0.39, 0.29) is 11.9 Å². The van der Waals surface area contributed by atoms with E-state index in [4.69, 9.17) is 5.73 Å². The number of rotatable bonds is 4. The van der Waals surface area contributed by atoms with E-state index in [9.17, 15) is 4.79 Å². The second-order valence-corrected chi connectivity index (χ2v) is 7.15. The van der Waals surface area contributed by atoms with E-state index in [1.807, 2.05) is 4.90 Å². The number of nitrogens with two attached hydrogens (primary N) is 1. The van der Waals surface area contributed by atoms with Crippen molar-refractivity contribution < 1.29 is 4.79 Å². The van der Waals surface area contributed by atoms with Gasteiger partial charge in [0.2, 0.25) is 5.91 Å². The molecule has 1 aromatic carbocycles. The summed E-state index contributed by atoms with van der Waals surface area (Å²) in [5.74, 6) is 1.36. The van der Waals surface area contributed by atoms with Gasteiger partial charge < -0.3 is 10.6 Å². The third kappa shape index (κ3) is 4.48. The van der Waals surface area contributed by atoms with Crippen LogP contribution >= 0.6 is 11.8 Å². The molecule has 0 radical (unpaired) electrons. The maximum Gasteiger partial charge on any atom is 0.232 e. The Bertz CT molecular complexity index is 494. The van der Waals surface area contributed by atoms with Crippen LogP contribution in [-0.2, 0) is 4.79 Å². The number of hydrogen-bond donors (Lipinski definition) is 1. The van der Waals surface area contributed by atoms with Crippen LogP contribution in [0, 0.1) is 19.8 Å². The van der Waals surface area contributed by atoms with Gasteiger partial charge in [-0.25, -0.2) is 0 Å². The van der Waals surface area contributed by atoms with Crippen molar-refractivity contribution in [2.75, 3.05) is 18.8 Å². The van der Waals surface area contributed by atoms with Gasteiger partial charge in [-0.05, 0) is 51.2 Å². The predicted molar refractivity (Wildman–Crippen MR) is 89.6 cm³/mol. The molecule has 1 heterocycles. The van der Waals surface area contributed by atoms with Crippen molar-refractivity contribution in [1.82, 2.24) is 4.90 Å². The smallest absolute Gasteiger partial charge is 0.232 e. The fourth-order valence-corrected chi connectivity index (χ4v) is 3.79. The van der Waals surface area contributed by atoms with Crippen LogP contribution < -0.4 is 5.73 Å². The van der Waals surface area contributed by atoms with Gasteiger partial charge in [-0.3, -0.25) is 4.79 Å². The van der Waals surface area contributed by atoms with Crippen molar-refractivity contribution in [3.05, 3.63) is 29.3 Å². The van der Waals surface area contributed by atoms with Crippen molar-refractivity contribution in [1.29, 1.82) is 0 Å². The number of hydrogen-bond acceptors (Lipinski definition) is 3. The Morgan fingerprint density at radius 1 is 1.38 bits per heavy atom. The molecule has 0 bridgehead atoms. The van der Waals surface area contributed by atoms with E-state index in [0.717, 1.165) is 25.9 Å². The minimum absolute atomic E-state index is 0.242. The number of piperidine rings is 1.